The van der Waals surface area contributed by atoms with E-state index in [2.05, 4.69) is 0 Å². The van der Waals surface area contributed by atoms with E-state index in [9.17, 15) is 9.59 Å². The van der Waals surface area contributed by atoms with Crippen molar-refractivity contribution in [2.45, 2.75) is 33.4 Å². The molecule has 1 heterocycles. The second-order valence-electron chi connectivity index (χ2n) is 5.57. The maximum absolute atomic E-state index is 12.2. The van der Waals surface area contributed by atoms with Crippen LogP contribution >= 0.6 is 0 Å². The van der Waals surface area contributed by atoms with Gasteiger partial charge in [-0.25, -0.2) is 4.79 Å². The molecule has 0 saturated carbocycles. The molecule has 23 heavy (non-hydrogen) atoms. The predicted octanol–water partition coefficient (Wildman–Crippen LogP) is 2.64. The zero-order valence-electron chi connectivity index (χ0n) is 13.4. The minimum absolute atomic E-state index is 0.157. The third-order valence-electron chi connectivity index (χ3n) is 3.37. The Balaban J connectivity index is 2.21. The van der Waals surface area contributed by atoms with E-state index in [1.807, 2.05) is 6.07 Å². The first-order chi connectivity index (χ1) is 10.9. The molecule has 0 unspecified atom stereocenters. The normalized spacial score (nSPS) is 10.4. The minimum atomic E-state index is -0.370. The third-order valence-corrected chi connectivity index (χ3v) is 3.37. The van der Waals surface area contributed by atoms with Crippen LogP contribution in [0.3, 0.4) is 0 Å². The number of ether oxygens (including phenoxy) is 1. The van der Waals surface area contributed by atoms with E-state index in [4.69, 9.17) is 10.00 Å². The molecule has 2 aromatic rings. The molecule has 118 valence electrons. The first-order valence-electron chi connectivity index (χ1n) is 7.32. The van der Waals surface area contributed by atoms with Crippen LogP contribution < -0.4 is 5.56 Å². The number of nitrogens with zero attached hydrogens (tertiary/aromatic N) is 2. The van der Waals surface area contributed by atoms with Crippen molar-refractivity contribution in [3.05, 3.63) is 69.1 Å². The van der Waals surface area contributed by atoms with Crippen molar-refractivity contribution in [1.82, 2.24) is 4.57 Å². The Morgan fingerprint density at radius 3 is 2.48 bits per heavy atom. The maximum atomic E-state index is 12.2. The Hall–Kier alpha value is -2.87. The van der Waals surface area contributed by atoms with Crippen molar-refractivity contribution in [3.63, 3.8) is 0 Å². The number of esters is 1. The fraction of sp³-hybridized carbons (Fsp3) is 0.278. The molecule has 0 radical (unpaired) electrons. The van der Waals surface area contributed by atoms with Crippen LogP contribution in [0.5, 0.6) is 0 Å². The summed E-state index contributed by atoms with van der Waals surface area (Å²) < 4.78 is 6.61. The highest BCUT2D eigenvalue weighted by Gasteiger charge is 2.10. The van der Waals surface area contributed by atoms with Crippen molar-refractivity contribution >= 4 is 5.97 Å². The number of benzene rings is 1. The average molecular weight is 310 g/mol. The van der Waals surface area contributed by atoms with Gasteiger partial charge in [0, 0.05) is 6.20 Å². The van der Waals surface area contributed by atoms with E-state index >= 15 is 0 Å². The molecule has 0 atom stereocenters. The summed E-state index contributed by atoms with van der Waals surface area (Å²) in [5, 5.41) is 9.04. The summed E-state index contributed by atoms with van der Waals surface area (Å²) >= 11 is 0. The van der Waals surface area contributed by atoms with Gasteiger partial charge >= 0.3 is 5.97 Å². The van der Waals surface area contributed by atoms with Crippen LogP contribution in [0.4, 0.5) is 0 Å². The van der Waals surface area contributed by atoms with Gasteiger partial charge in [0.2, 0.25) is 0 Å². The molecule has 5 heteroatoms. The zero-order valence-corrected chi connectivity index (χ0v) is 13.4. The summed E-state index contributed by atoms with van der Waals surface area (Å²) in [6.07, 6.45) is 1.50. The van der Waals surface area contributed by atoms with Crippen LogP contribution in [0.2, 0.25) is 0 Å². The van der Waals surface area contributed by atoms with E-state index in [-0.39, 0.29) is 23.2 Å². The molecule has 0 aliphatic heterocycles. The molecule has 1 aromatic carbocycles. The van der Waals surface area contributed by atoms with E-state index in [1.165, 1.54) is 4.57 Å². The summed E-state index contributed by atoms with van der Waals surface area (Å²) in [6.45, 7) is 5.67. The third kappa shape index (κ3) is 3.86. The molecule has 0 spiro atoms. The predicted molar refractivity (Wildman–Crippen MR) is 86.2 cm³/mol. The Morgan fingerprint density at radius 2 is 1.91 bits per heavy atom. The molecule has 0 fully saturated rings. The molecule has 0 aliphatic rings. The first-order valence-corrected chi connectivity index (χ1v) is 7.32. The zero-order chi connectivity index (χ0) is 17.0. The van der Waals surface area contributed by atoms with Crippen LogP contribution in [0.1, 0.15) is 40.9 Å². The molecule has 0 saturated heterocycles. The molecule has 0 N–H and O–H groups in total. The van der Waals surface area contributed by atoms with Crippen molar-refractivity contribution in [3.8, 4) is 6.07 Å². The maximum Gasteiger partial charge on any atom is 0.338 e. The van der Waals surface area contributed by atoms with Crippen molar-refractivity contribution in [2.24, 2.45) is 0 Å². The summed E-state index contributed by atoms with van der Waals surface area (Å²) in [5.41, 5.74) is 1.85. The fourth-order valence-electron chi connectivity index (χ4n) is 2.15. The number of hydrogen-bond donors (Lipinski definition) is 0. The standard InChI is InChI=1S/C18H18N2O3/c1-12(2)23-18(22)15-6-4-14(5-7-15)11-20-9-8-13(3)16(10-19)17(20)21/h4-9,12H,11H2,1-3H3. The Bertz CT molecular complexity index is 812. The Kier molecular flexibility index (Phi) is 4.97. The Morgan fingerprint density at radius 1 is 1.26 bits per heavy atom. The number of nitriles is 1. The van der Waals surface area contributed by atoms with Crippen molar-refractivity contribution in [2.75, 3.05) is 0 Å². The number of carbonyl (C=O) groups excluding carboxylic acids is 1. The lowest BCUT2D eigenvalue weighted by atomic mass is 10.1. The highest BCUT2D eigenvalue weighted by atomic mass is 16.5. The monoisotopic (exact) mass is 310 g/mol. The SMILES string of the molecule is Cc1ccn(Cc2ccc(C(=O)OC(C)C)cc2)c(=O)c1C#N. The van der Waals surface area contributed by atoms with Crippen molar-refractivity contribution in [1.29, 1.82) is 5.26 Å². The average Bonchev–Trinajstić information content (AvgIpc) is 2.50. The van der Waals surface area contributed by atoms with Crippen LogP contribution in [0, 0.1) is 18.3 Å². The van der Waals surface area contributed by atoms with E-state index < -0.39 is 0 Å². The summed E-state index contributed by atoms with van der Waals surface area (Å²) in [5.74, 6) is -0.370. The van der Waals surface area contributed by atoms with Gasteiger partial charge in [0.25, 0.3) is 5.56 Å². The first kappa shape index (κ1) is 16.5. The number of aromatic nitrogens is 1. The molecular formula is C18H18N2O3. The molecule has 1 aromatic heterocycles. The van der Waals surface area contributed by atoms with Crippen LogP contribution in [0.25, 0.3) is 0 Å². The van der Waals surface area contributed by atoms with Gasteiger partial charge in [-0.2, -0.15) is 5.26 Å². The number of aryl methyl sites for hydroxylation is 1. The Labute approximate surface area is 134 Å². The topological polar surface area (TPSA) is 72.1 Å². The largest absolute Gasteiger partial charge is 0.459 e. The van der Waals surface area contributed by atoms with Crippen molar-refractivity contribution < 1.29 is 9.53 Å². The van der Waals surface area contributed by atoms with Gasteiger partial charge in [-0.1, -0.05) is 12.1 Å². The number of rotatable bonds is 4. The van der Waals surface area contributed by atoms with Gasteiger partial charge in [0.15, 0.2) is 0 Å². The number of hydrogen-bond acceptors (Lipinski definition) is 4. The lowest BCUT2D eigenvalue weighted by Gasteiger charge is -2.10. The van der Waals surface area contributed by atoms with Gasteiger partial charge < -0.3 is 9.30 Å². The van der Waals surface area contributed by atoms with Gasteiger partial charge in [0.1, 0.15) is 11.6 Å². The summed E-state index contributed by atoms with van der Waals surface area (Å²) in [6, 6.07) is 10.6. The van der Waals surface area contributed by atoms with Crippen LogP contribution in [-0.2, 0) is 11.3 Å². The number of pyridine rings is 1. The highest BCUT2D eigenvalue weighted by molar-refractivity contribution is 5.89. The quantitative estimate of drug-likeness (QED) is 0.814. The number of carbonyl (C=O) groups is 1. The van der Waals surface area contributed by atoms with E-state index in [1.54, 1.807) is 57.3 Å². The van der Waals surface area contributed by atoms with Crippen LogP contribution in [0.15, 0.2) is 41.3 Å². The highest BCUT2D eigenvalue weighted by Crippen LogP contribution is 2.09. The van der Waals surface area contributed by atoms with E-state index in [0.717, 1.165) is 5.56 Å². The molecular weight excluding hydrogens is 292 g/mol. The van der Waals surface area contributed by atoms with Gasteiger partial charge in [-0.15, -0.1) is 0 Å². The summed E-state index contributed by atoms with van der Waals surface area (Å²) in [7, 11) is 0. The molecule has 0 amide bonds. The molecule has 0 aliphatic carbocycles. The second kappa shape index (κ2) is 6.93. The smallest absolute Gasteiger partial charge is 0.338 e. The lowest BCUT2D eigenvalue weighted by Crippen LogP contribution is -2.23. The minimum Gasteiger partial charge on any atom is -0.459 e. The lowest BCUT2D eigenvalue weighted by molar-refractivity contribution is 0.0378. The molecule has 5 nitrogen and oxygen atoms in total. The second-order valence-corrected chi connectivity index (χ2v) is 5.57. The van der Waals surface area contributed by atoms with Gasteiger partial charge in [-0.05, 0) is 50.1 Å². The molecule has 2 rings (SSSR count). The molecule has 0 bridgehead atoms. The van der Waals surface area contributed by atoms with E-state index in [0.29, 0.717) is 17.7 Å². The summed E-state index contributed by atoms with van der Waals surface area (Å²) in [4.78, 5) is 24.0. The van der Waals surface area contributed by atoms with Gasteiger partial charge in [-0.3, -0.25) is 4.79 Å². The fourth-order valence-corrected chi connectivity index (χ4v) is 2.15. The van der Waals surface area contributed by atoms with Gasteiger partial charge in [0.05, 0.1) is 18.2 Å². The van der Waals surface area contributed by atoms with Crippen LogP contribution in [-0.4, -0.2) is 16.6 Å².